The van der Waals surface area contributed by atoms with Crippen molar-refractivity contribution in [3.63, 3.8) is 0 Å². The molecule has 0 saturated carbocycles. The summed E-state index contributed by atoms with van der Waals surface area (Å²) in [5.41, 5.74) is 0. The molecule has 6 nitrogen and oxygen atoms in total. The fourth-order valence-corrected chi connectivity index (χ4v) is 1.32. The number of carbonyl (C=O) groups is 3. The summed E-state index contributed by atoms with van der Waals surface area (Å²) in [6.07, 6.45) is -0.281. The van der Waals surface area contributed by atoms with Crippen LogP contribution in [0.2, 0.25) is 0 Å². The Morgan fingerprint density at radius 3 is 2.43 bits per heavy atom. The third kappa shape index (κ3) is 1.95. The summed E-state index contributed by atoms with van der Waals surface area (Å²) in [7, 11) is 1.16. The van der Waals surface area contributed by atoms with Crippen molar-refractivity contribution in [2.75, 3.05) is 20.2 Å². The SMILES string of the molecule is COC(=O)N1CCCN(C(=O)Cl)C1=O. The topological polar surface area (TPSA) is 66.9 Å². The molecule has 1 heterocycles. The van der Waals surface area contributed by atoms with Crippen LogP contribution in [0.5, 0.6) is 0 Å². The van der Waals surface area contributed by atoms with Crippen molar-refractivity contribution >= 4 is 29.1 Å². The van der Waals surface area contributed by atoms with Gasteiger partial charge in [-0.15, -0.1) is 0 Å². The minimum absolute atomic E-state index is 0.231. The molecule has 0 aromatic rings. The van der Waals surface area contributed by atoms with Crippen LogP contribution >= 0.6 is 11.6 Å². The molecule has 1 aliphatic rings. The number of nitrogens with zero attached hydrogens (tertiary/aromatic N) is 2. The van der Waals surface area contributed by atoms with Crippen LogP contribution < -0.4 is 0 Å². The van der Waals surface area contributed by atoms with E-state index in [1.54, 1.807) is 0 Å². The minimum Gasteiger partial charge on any atom is -0.452 e. The van der Waals surface area contributed by atoms with Crippen LogP contribution in [0, 0.1) is 0 Å². The number of hydrogen-bond donors (Lipinski definition) is 0. The molecular formula is C7H9ClN2O4. The molecule has 0 aromatic heterocycles. The van der Waals surface area contributed by atoms with Crippen LogP contribution in [-0.4, -0.2) is 47.5 Å². The second kappa shape index (κ2) is 4.28. The zero-order chi connectivity index (χ0) is 10.7. The number of carbonyl (C=O) groups excluding carboxylic acids is 3. The van der Waals surface area contributed by atoms with Gasteiger partial charge in [-0.05, 0) is 18.0 Å². The van der Waals surface area contributed by atoms with Crippen LogP contribution in [0.25, 0.3) is 0 Å². The Labute approximate surface area is 85.3 Å². The quantitative estimate of drug-likeness (QED) is 0.455. The maximum absolute atomic E-state index is 11.4. The van der Waals surface area contributed by atoms with E-state index in [-0.39, 0.29) is 13.1 Å². The third-order valence-electron chi connectivity index (χ3n) is 1.83. The lowest BCUT2D eigenvalue weighted by Gasteiger charge is -2.30. The van der Waals surface area contributed by atoms with Crippen LogP contribution in [-0.2, 0) is 4.74 Å². The van der Waals surface area contributed by atoms with E-state index in [1.807, 2.05) is 0 Å². The van der Waals surface area contributed by atoms with Gasteiger partial charge in [0.1, 0.15) is 0 Å². The Bertz CT molecular complexity index is 281. The molecule has 1 rings (SSSR count). The predicted molar refractivity (Wildman–Crippen MR) is 47.1 cm³/mol. The lowest BCUT2D eigenvalue weighted by Crippen LogP contribution is -2.52. The Balaban J connectivity index is 2.76. The second-order valence-electron chi connectivity index (χ2n) is 2.66. The first-order chi connectivity index (χ1) is 6.57. The molecule has 7 heteroatoms. The fraction of sp³-hybridized carbons (Fsp3) is 0.571. The van der Waals surface area contributed by atoms with E-state index in [2.05, 4.69) is 4.74 Å². The molecular weight excluding hydrogens is 212 g/mol. The van der Waals surface area contributed by atoms with Crippen molar-refractivity contribution < 1.29 is 19.1 Å². The molecule has 0 aromatic carbocycles. The van der Waals surface area contributed by atoms with Crippen molar-refractivity contribution in [3.8, 4) is 0 Å². The lowest BCUT2D eigenvalue weighted by molar-refractivity contribution is 0.108. The van der Waals surface area contributed by atoms with E-state index in [1.165, 1.54) is 0 Å². The molecule has 0 radical (unpaired) electrons. The van der Waals surface area contributed by atoms with Gasteiger partial charge in [0.25, 0.3) is 0 Å². The van der Waals surface area contributed by atoms with Gasteiger partial charge in [-0.25, -0.2) is 19.4 Å². The Hall–Kier alpha value is -1.30. The van der Waals surface area contributed by atoms with Gasteiger partial charge in [0.05, 0.1) is 7.11 Å². The van der Waals surface area contributed by atoms with Crippen molar-refractivity contribution in [2.24, 2.45) is 0 Å². The van der Waals surface area contributed by atoms with Crippen molar-refractivity contribution in [3.05, 3.63) is 0 Å². The monoisotopic (exact) mass is 220 g/mol. The normalized spacial score (nSPS) is 16.9. The molecule has 1 fully saturated rings. The molecule has 0 atom stereocenters. The number of hydrogen-bond acceptors (Lipinski definition) is 4. The molecule has 0 aliphatic carbocycles. The van der Waals surface area contributed by atoms with Gasteiger partial charge < -0.3 is 4.74 Å². The highest BCUT2D eigenvalue weighted by Crippen LogP contribution is 2.12. The average molecular weight is 221 g/mol. The molecule has 14 heavy (non-hydrogen) atoms. The van der Waals surface area contributed by atoms with E-state index >= 15 is 0 Å². The number of amides is 4. The summed E-state index contributed by atoms with van der Waals surface area (Å²) in [4.78, 5) is 34.8. The molecule has 0 unspecified atom stereocenters. The summed E-state index contributed by atoms with van der Waals surface area (Å²) in [6.45, 7) is 0.473. The first kappa shape index (κ1) is 10.8. The molecule has 0 spiro atoms. The van der Waals surface area contributed by atoms with Gasteiger partial charge in [0, 0.05) is 13.1 Å². The van der Waals surface area contributed by atoms with Gasteiger partial charge in [-0.3, -0.25) is 4.79 Å². The first-order valence-electron chi connectivity index (χ1n) is 3.94. The summed E-state index contributed by atoms with van der Waals surface area (Å²) in [5, 5.41) is -0.886. The zero-order valence-corrected chi connectivity index (χ0v) is 8.28. The molecule has 0 N–H and O–H groups in total. The minimum atomic E-state index is -0.886. The highest BCUT2D eigenvalue weighted by Gasteiger charge is 2.33. The summed E-state index contributed by atoms with van der Waals surface area (Å²) in [6, 6.07) is -0.733. The summed E-state index contributed by atoms with van der Waals surface area (Å²) >= 11 is 5.15. The van der Waals surface area contributed by atoms with Crippen LogP contribution in [0.4, 0.5) is 14.4 Å². The number of ether oxygens (including phenoxy) is 1. The van der Waals surface area contributed by atoms with E-state index in [9.17, 15) is 14.4 Å². The van der Waals surface area contributed by atoms with E-state index in [0.29, 0.717) is 6.42 Å². The summed E-state index contributed by atoms with van der Waals surface area (Å²) in [5.74, 6) is 0. The second-order valence-corrected chi connectivity index (χ2v) is 2.99. The Morgan fingerprint density at radius 1 is 1.36 bits per heavy atom. The highest BCUT2D eigenvalue weighted by molar-refractivity contribution is 6.64. The number of halogens is 1. The summed E-state index contributed by atoms with van der Waals surface area (Å²) < 4.78 is 4.37. The number of methoxy groups -OCH3 is 1. The van der Waals surface area contributed by atoms with Crippen molar-refractivity contribution in [1.29, 1.82) is 0 Å². The smallest absolute Gasteiger partial charge is 0.417 e. The average Bonchev–Trinajstić information content (AvgIpc) is 2.16. The van der Waals surface area contributed by atoms with Crippen LogP contribution in [0.15, 0.2) is 0 Å². The Kier molecular flexibility index (Phi) is 3.29. The van der Waals surface area contributed by atoms with Gasteiger partial charge in [-0.1, -0.05) is 0 Å². The van der Waals surface area contributed by atoms with E-state index in [0.717, 1.165) is 16.9 Å². The molecule has 4 amide bonds. The van der Waals surface area contributed by atoms with E-state index in [4.69, 9.17) is 11.6 Å². The number of rotatable bonds is 0. The van der Waals surface area contributed by atoms with Crippen LogP contribution in [0.1, 0.15) is 6.42 Å². The third-order valence-corrected chi connectivity index (χ3v) is 2.04. The molecule has 1 saturated heterocycles. The highest BCUT2D eigenvalue weighted by atomic mass is 35.5. The Morgan fingerprint density at radius 2 is 1.93 bits per heavy atom. The van der Waals surface area contributed by atoms with Crippen molar-refractivity contribution in [1.82, 2.24) is 9.80 Å². The standard InChI is InChI=1S/C7H9ClN2O4/c1-14-7(13)10-4-2-3-9(5(8)11)6(10)12/h2-4H2,1H3. The zero-order valence-electron chi connectivity index (χ0n) is 7.53. The fourth-order valence-electron chi connectivity index (χ4n) is 1.17. The van der Waals surface area contributed by atoms with Gasteiger partial charge in [-0.2, -0.15) is 0 Å². The van der Waals surface area contributed by atoms with Crippen LogP contribution in [0.3, 0.4) is 0 Å². The first-order valence-corrected chi connectivity index (χ1v) is 4.32. The lowest BCUT2D eigenvalue weighted by atomic mass is 10.3. The van der Waals surface area contributed by atoms with E-state index < -0.39 is 17.5 Å². The number of urea groups is 1. The number of imide groups is 2. The maximum Gasteiger partial charge on any atom is 0.417 e. The molecule has 78 valence electrons. The van der Waals surface area contributed by atoms with Crippen molar-refractivity contribution in [2.45, 2.75) is 6.42 Å². The van der Waals surface area contributed by atoms with Gasteiger partial charge in [0.15, 0.2) is 0 Å². The van der Waals surface area contributed by atoms with Gasteiger partial charge in [0.2, 0.25) is 0 Å². The maximum atomic E-state index is 11.4. The largest absolute Gasteiger partial charge is 0.452 e. The van der Waals surface area contributed by atoms with Gasteiger partial charge >= 0.3 is 17.5 Å². The molecule has 1 aliphatic heterocycles. The predicted octanol–water partition coefficient (Wildman–Crippen LogP) is 1.24. The molecule has 0 bridgehead atoms.